The highest BCUT2D eigenvalue weighted by atomic mass is 35.5. The maximum Gasteiger partial charge on any atom is 0.115 e. The molecule has 1 fully saturated rings. The SMILES string of the molecule is Oc1ccc(CCNC2CC(c3ccccc3Cl)C2)cc1. The first-order chi connectivity index (χ1) is 10.2. The molecule has 110 valence electrons. The Bertz CT molecular complexity index is 590. The van der Waals surface area contributed by atoms with E-state index in [-0.39, 0.29) is 0 Å². The molecule has 0 amide bonds. The lowest BCUT2D eigenvalue weighted by atomic mass is 9.76. The van der Waals surface area contributed by atoms with E-state index >= 15 is 0 Å². The van der Waals surface area contributed by atoms with Crippen LogP contribution >= 0.6 is 11.6 Å². The number of hydrogen-bond donors (Lipinski definition) is 2. The van der Waals surface area contributed by atoms with Crippen LogP contribution in [0.1, 0.15) is 29.9 Å². The molecule has 2 aromatic rings. The van der Waals surface area contributed by atoms with Crippen LogP contribution in [-0.2, 0) is 6.42 Å². The van der Waals surface area contributed by atoms with Crippen LogP contribution in [0.2, 0.25) is 5.02 Å². The third-order valence-electron chi connectivity index (χ3n) is 4.27. The van der Waals surface area contributed by atoms with E-state index in [1.54, 1.807) is 12.1 Å². The van der Waals surface area contributed by atoms with Gasteiger partial charge in [0.25, 0.3) is 0 Å². The van der Waals surface area contributed by atoms with Gasteiger partial charge in [-0.2, -0.15) is 0 Å². The normalized spacial score (nSPS) is 21.0. The molecule has 3 heteroatoms. The molecule has 3 rings (SSSR count). The van der Waals surface area contributed by atoms with Gasteiger partial charge in [0.1, 0.15) is 5.75 Å². The third-order valence-corrected chi connectivity index (χ3v) is 4.61. The highest BCUT2D eigenvalue weighted by Gasteiger charge is 2.30. The molecule has 0 aliphatic heterocycles. The van der Waals surface area contributed by atoms with Crippen molar-refractivity contribution in [2.24, 2.45) is 0 Å². The number of phenols is 1. The molecule has 0 saturated heterocycles. The van der Waals surface area contributed by atoms with E-state index in [1.807, 2.05) is 24.3 Å². The first-order valence-corrected chi connectivity index (χ1v) is 7.86. The molecule has 0 unspecified atom stereocenters. The number of halogens is 1. The van der Waals surface area contributed by atoms with Crippen LogP contribution in [0.25, 0.3) is 0 Å². The number of aromatic hydroxyl groups is 1. The molecule has 0 heterocycles. The van der Waals surface area contributed by atoms with Crippen LogP contribution in [0.4, 0.5) is 0 Å². The lowest BCUT2D eigenvalue weighted by Crippen LogP contribution is -2.41. The van der Waals surface area contributed by atoms with Gasteiger partial charge in [0.05, 0.1) is 0 Å². The summed E-state index contributed by atoms with van der Waals surface area (Å²) >= 11 is 6.24. The number of benzene rings is 2. The van der Waals surface area contributed by atoms with Crippen molar-refractivity contribution < 1.29 is 5.11 Å². The summed E-state index contributed by atoms with van der Waals surface area (Å²) in [5.74, 6) is 0.929. The van der Waals surface area contributed by atoms with Gasteiger partial charge in [-0.25, -0.2) is 0 Å². The number of hydrogen-bond acceptors (Lipinski definition) is 2. The summed E-state index contributed by atoms with van der Waals surface area (Å²) < 4.78 is 0. The highest BCUT2D eigenvalue weighted by molar-refractivity contribution is 6.31. The summed E-state index contributed by atoms with van der Waals surface area (Å²) in [6, 6.07) is 16.2. The van der Waals surface area contributed by atoms with Crippen molar-refractivity contribution in [3.63, 3.8) is 0 Å². The van der Waals surface area contributed by atoms with Gasteiger partial charge in [-0.05, 0) is 61.1 Å². The van der Waals surface area contributed by atoms with Gasteiger partial charge in [-0.15, -0.1) is 0 Å². The van der Waals surface area contributed by atoms with Crippen LogP contribution in [0, 0.1) is 0 Å². The average molecular weight is 302 g/mol. The molecule has 0 aromatic heterocycles. The first kappa shape index (κ1) is 14.4. The second-order valence-corrected chi connectivity index (χ2v) is 6.16. The topological polar surface area (TPSA) is 32.3 Å². The Hall–Kier alpha value is -1.51. The number of phenolic OH excluding ortho intramolecular Hbond substituents is 1. The second-order valence-electron chi connectivity index (χ2n) is 5.76. The molecule has 1 aliphatic rings. The maximum absolute atomic E-state index is 9.25. The summed E-state index contributed by atoms with van der Waals surface area (Å²) in [6.45, 7) is 0.977. The summed E-state index contributed by atoms with van der Waals surface area (Å²) in [4.78, 5) is 0. The summed E-state index contributed by atoms with van der Waals surface area (Å²) in [7, 11) is 0. The van der Waals surface area contributed by atoms with Gasteiger partial charge in [0.2, 0.25) is 0 Å². The Balaban J connectivity index is 1.41. The van der Waals surface area contributed by atoms with Crippen molar-refractivity contribution in [2.45, 2.75) is 31.2 Å². The van der Waals surface area contributed by atoms with Crippen molar-refractivity contribution in [3.8, 4) is 5.75 Å². The minimum atomic E-state index is 0.327. The van der Waals surface area contributed by atoms with Gasteiger partial charge in [0, 0.05) is 11.1 Å². The Morgan fingerprint density at radius 2 is 1.76 bits per heavy atom. The van der Waals surface area contributed by atoms with Crippen molar-refractivity contribution >= 4 is 11.6 Å². The van der Waals surface area contributed by atoms with Gasteiger partial charge >= 0.3 is 0 Å². The van der Waals surface area contributed by atoms with Gasteiger partial charge in [-0.3, -0.25) is 0 Å². The molecule has 0 atom stereocenters. The zero-order valence-electron chi connectivity index (χ0n) is 11.9. The Kier molecular flexibility index (Phi) is 4.47. The van der Waals surface area contributed by atoms with Gasteiger partial charge in [0.15, 0.2) is 0 Å². The van der Waals surface area contributed by atoms with Gasteiger partial charge < -0.3 is 10.4 Å². The third kappa shape index (κ3) is 3.58. The molecule has 1 saturated carbocycles. The number of rotatable bonds is 5. The quantitative estimate of drug-likeness (QED) is 0.870. The molecule has 0 spiro atoms. The Labute approximate surface area is 130 Å². The van der Waals surface area contributed by atoms with Crippen LogP contribution < -0.4 is 5.32 Å². The fourth-order valence-corrected chi connectivity index (χ4v) is 3.22. The molecule has 1 aliphatic carbocycles. The minimum absolute atomic E-state index is 0.327. The maximum atomic E-state index is 9.25. The van der Waals surface area contributed by atoms with E-state index in [1.165, 1.54) is 24.0 Å². The summed E-state index contributed by atoms with van der Waals surface area (Å²) in [5, 5.41) is 13.7. The van der Waals surface area contributed by atoms with Crippen molar-refractivity contribution in [1.29, 1.82) is 0 Å². The molecule has 0 radical (unpaired) electrons. The van der Waals surface area contributed by atoms with E-state index in [9.17, 15) is 5.11 Å². The fraction of sp³-hybridized carbons (Fsp3) is 0.333. The zero-order valence-corrected chi connectivity index (χ0v) is 12.7. The molecular formula is C18H20ClNO. The zero-order chi connectivity index (χ0) is 14.7. The molecule has 2 N–H and O–H groups in total. The van der Waals surface area contributed by atoms with Crippen LogP contribution in [-0.4, -0.2) is 17.7 Å². The monoisotopic (exact) mass is 301 g/mol. The summed E-state index contributed by atoms with van der Waals surface area (Å²) in [5.41, 5.74) is 2.54. The first-order valence-electron chi connectivity index (χ1n) is 7.48. The van der Waals surface area contributed by atoms with E-state index < -0.39 is 0 Å². The summed E-state index contributed by atoms with van der Waals surface area (Å²) in [6.07, 6.45) is 3.33. The highest BCUT2D eigenvalue weighted by Crippen LogP contribution is 2.39. The molecule has 0 bridgehead atoms. The molecule has 2 nitrogen and oxygen atoms in total. The Morgan fingerprint density at radius 1 is 1.05 bits per heavy atom. The van der Waals surface area contributed by atoms with Gasteiger partial charge in [-0.1, -0.05) is 41.9 Å². The lowest BCUT2D eigenvalue weighted by Gasteiger charge is -2.37. The van der Waals surface area contributed by atoms with E-state index in [0.29, 0.717) is 17.7 Å². The lowest BCUT2D eigenvalue weighted by molar-refractivity contribution is 0.293. The second kappa shape index (κ2) is 6.50. The fourth-order valence-electron chi connectivity index (χ4n) is 2.93. The average Bonchev–Trinajstić information content (AvgIpc) is 2.45. The molecular weight excluding hydrogens is 282 g/mol. The smallest absolute Gasteiger partial charge is 0.115 e. The largest absolute Gasteiger partial charge is 0.508 e. The van der Waals surface area contributed by atoms with Crippen LogP contribution in [0.5, 0.6) is 5.75 Å². The standard InChI is InChI=1S/C18H20ClNO/c19-18-4-2-1-3-17(18)14-11-15(12-14)20-10-9-13-5-7-16(21)8-6-13/h1-8,14-15,20-21H,9-12H2. The Morgan fingerprint density at radius 3 is 2.48 bits per heavy atom. The van der Waals surface area contributed by atoms with Crippen molar-refractivity contribution in [2.75, 3.05) is 6.54 Å². The van der Waals surface area contributed by atoms with Crippen LogP contribution in [0.15, 0.2) is 48.5 Å². The predicted octanol–water partition coefficient (Wildman–Crippen LogP) is 4.12. The van der Waals surface area contributed by atoms with Crippen molar-refractivity contribution in [1.82, 2.24) is 5.32 Å². The predicted molar refractivity (Wildman–Crippen MR) is 87.0 cm³/mol. The molecule has 2 aromatic carbocycles. The van der Waals surface area contributed by atoms with E-state index in [0.717, 1.165) is 18.0 Å². The number of nitrogens with one attached hydrogen (secondary N) is 1. The van der Waals surface area contributed by atoms with Crippen LogP contribution in [0.3, 0.4) is 0 Å². The van der Waals surface area contributed by atoms with E-state index in [4.69, 9.17) is 11.6 Å². The molecule has 21 heavy (non-hydrogen) atoms. The minimum Gasteiger partial charge on any atom is -0.508 e. The van der Waals surface area contributed by atoms with Crippen molar-refractivity contribution in [3.05, 3.63) is 64.7 Å². The van der Waals surface area contributed by atoms with E-state index in [2.05, 4.69) is 17.4 Å².